The van der Waals surface area contributed by atoms with Crippen molar-refractivity contribution in [2.45, 2.75) is 31.6 Å². The Hall–Kier alpha value is -2.95. The fourth-order valence-electron chi connectivity index (χ4n) is 4.50. The van der Waals surface area contributed by atoms with Crippen LogP contribution in [0.3, 0.4) is 0 Å². The Labute approximate surface area is 196 Å². The zero-order valence-corrected chi connectivity index (χ0v) is 19.1. The van der Waals surface area contributed by atoms with Gasteiger partial charge in [-0.05, 0) is 60.4 Å². The highest BCUT2D eigenvalue weighted by Crippen LogP contribution is 2.47. The van der Waals surface area contributed by atoms with Gasteiger partial charge in [0.25, 0.3) is 5.56 Å². The molecule has 0 atom stereocenters. The van der Waals surface area contributed by atoms with Crippen molar-refractivity contribution >= 4 is 39.8 Å². The third-order valence-electron chi connectivity index (χ3n) is 6.26. The van der Waals surface area contributed by atoms with E-state index in [0.29, 0.717) is 33.2 Å². The molecule has 6 heteroatoms. The van der Waals surface area contributed by atoms with Crippen molar-refractivity contribution in [2.75, 3.05) is 0 Å². The predicted molar refractivity (Wildman–Crippen MR) is 131 cm³/mol. The van der Waals surface area contributed by atoms with E-state index in [2.05, 4.69) is 0 Å². The van der Waals surface area contributed by atoms with E-state index in [1.807, 2.05) is 73.7 Å². The molecule has 5 rings (SSSR count). The molecule has 0 N–H and O–H groups in total. The topological polar surface area (TPSA) is 47.2 Å². The van der Waals surface area contributed by atoms with Crippen LogP contribution in [0, 0.1) is 0 Å². The Kier molecular flexibility index (Phi) is 5.36. The maximum atomic E-state index is 13.3. The Morgan fingerprint density at radius 3 is 2.06 bits per heavy atom. The summed E-state index contributed by atoms with van der Waals surface area (Å²) in [4.78, 5) is 18.0. The summed E-state index contributed by atoms with van der Waals surface area (Å²) in [7, 11) is 0. The fraction of sp³-hybridized carbons (Fsp3) is 0.192. The van der Waals surface area contributed by atoms with Crippen LogP contribution in [0.15, 0.2) is 82.7 Å². The van der Waals surface area contributed by atoms with Gasteiger partial charge in [0.15, 0.2) is 0 Å². The molecule has 0 amide bonds. The number of hydrogen-bond acceptors (Lipinski definition) is 3. The minimum absolute atomic E-state index is 0.145. The average molecular weight is 462 g/mol. The first-order valence-electron chi connectivity index (χ1n) is 10.6. The zero-order valence-electron chi connectivity index (χ0n) is 17.6. The van der Waals surface area contributed by atoms with E-state index < -0.39 is 5.41 Å². The monoisotopic (exact) mass is 461 g/mol. The van der Waals surface area contributed by atoms with Crippen LogP contribution in [0.25, 0.3) is 10.9 Å². The summed E-state index contributed by atoms with van der Waals surface area (Å²) in [5, 5.41) is 6.86. The molecule has 0 spiro atoms. The fourth-order valence-corrected chi connectivity index (χ4v) is 4.75. The molecule has 32 heavy (non-hydrogen) atoms. The second-order valence-electron chi connectivity index (χ2n) is 7.98. The molecule has 0 bridgehead atoms. The molecule has 1 aromatic heterocycles. The van der Waals surface area contributed by atoms with Gasteiger partial charge < -0.3 is 0 Å². The lowest BCUT2D eigenvalue weighted by molar-refractivity contribution is 0.528. The van der Waals surface area contributed by atoms with Crippen LogP contribution in [-0.2, 0) is 11.8 Å². The van der Waals surface area contributed by atoms with Crippen molar-refractivity contribution in [1.82, 2.24) is 9.66 Å². The molecule has 1 heterocycles. The number of halogens is 2. The lowest BCUT2D eigenvalue weighted by atomic mass is 9.59. The highest BCUT2D eigenvalue weighted by Gasteiger charge is 2.47. The van der Waals surface area contributed by atoms with Gasteiger partial charge in [-0.3, -0.25) is 4.79 Å². The molecule has 0 saturated heterocycles. The first-order valence-corrected chi connectivity index (χ1v) is 11.4. The van der Waals surface area contributed by atoms with Crippen LogP contribution in [0.5, 0.6) is 0 Å². The van der Waals surface area contributed by atoms with E-state index >= 15 is 0 Å². The highest BCUT2D eigenvalue weighted by molar-refractivity contribution is 6.31. The van der Waals surface area contributed by atoms with Crippen molar-refractivity contribution in [2.24, 2.45) is 5.10 Å². The van der Waals surface area contributed by atoms with Gasteiger partial charge in [-0.25, -0.2) is 4.98 Å². The van der Waals surface area contributed by atoms with Crippen LogP contribution in [-0.4, -0.2) is 15.4 Å². The van der Waals surface area contributed by atoms with E-state index in [0.717, 1.165) is 29.7 Å². The third-order valence-corrected chi connectivity index (χ3v) is 6.77. The zero-order chi connectivity index (χ0) is 22.3. The molecular formula is C26H21Cl2N3O. The SMILES string of the molecule is CCc1nc2ccccc2c(=O)n1/N=C1\CCC1(c1ccc(Cl)cc1)c1ccc(Cl)cc1. The molecule has 1 saturated carbocycles. The van der Waals surface area contributed by atoms with Crippen molar-refractivity contribution in [3.8, 4) is 0 Å². The molecule has 0 radical (unpaired) electrons. The van der Waals surface area contributed by atoms with Crippen LogP contribution in [0.4, 0.5) is 0 Å². The van der Waals surface area contributed by atoms with Gasteiger partial charge in [0.2, 0.25) is 0 Å². The lowest BCUT2D eigenvalue weighted by Gasteiger charge is -2.44. The Morgan fingerprint density at radius 1 is 0.938 bits per heavy atom. The summed E-state index contributed by atoms with van der Waals surface area (Å²) in [6, 6.07) is 23.1. The van der Waals surface area contributed by atoms with Crippen molar-refractivity contribution in [3.63, 3.8) is 0 Å². The maximum absolute atomic E-state index is 13.3. The van der Waals surface area contributed by atoms with Gasteiger partial charge in [-0.15, -0.1) is 0 Å². The summed E-state index contributed by atoms with van der Waals surface area (Å²) in [5.74, 6) is 0.647. The van der Waals surface area contributed by atoms with Gasteiger partial charge in [0.1, 0.15) is 5.82 Å². The van der Waals surface area contributed by atoms with Crippen LogP contribution in [0.2, 0.25) is 10.0 Å². The third kappa shape index (κ3) is 3.35. The van der Waals surface area contributed by atoms with Gasteiger partial charge in [0.05, 0.1) is 22.0 Å². The minimum atomic E-state index is -0.439. The van der Waals surface area contributed by atoms with E-state index in [4.69, 9.17) is 33.3 Å². The van der Waals surface area contributed by atoms with Gasteiger partial charge in [-0.1, -0.05) is 66.5 Å². The number of fused-ring (bicyclic) bond motifs is 1. The van der Waals surface area contributed by atoms with Crippen LogP contribution in [0.1, 0.15) is 36.7 Å². The average Bonchev–Trinajstić information content (AvgIpc) is 2.80. The largest absolute Gasteiger partial charge is 0.282 e. The summed E-state index contributed by atoms with van der Waals surface area (Å²) in [5.41, 5.74) is 3.22. The minimum Gasteiger partial charge on any atom is -0.267 e. The number of hydrogen-bond donors (Lipinski definition) is 0. The highest BCUT2D eigenvalue weighted by atomic mass is 35.5. The van der Waals surface area contributed by atoms with E-state index in [1.165, 1.54) is 4.68 Å². The van der Waals surface area contributed by atoms with Gasteiger partial charge >= 0.3 is 0 Å². The smallest absolute Gasteiger partial charge is 0.267 e. The van der Waals surface area contributed by atoms with Crippen LogP contribution < -0.4 is 5.56 Å². The van der Waals surface area contributed by atoms with E-state index in [1.54, 1.807) is 6.07 Å². The number of rotatable bonds is 4. The Morgan fingerprint density at radius 2 is 1.53 bits per heavy atom. The van der Waals surface area contributed by atoms with Crippen molar-refractivity contribution < 1.29 is 0 Å². The molecular weight excluding hydrogens is 441 g/mol. The van der Waals surface area contributed by atoms with Crippen molar-refractivity contribution in [3.05, 3.63) is 110 Å². The van der Waals surface area contributed by atoms with E-state index in [9.17, 15) is 4.79 Å². The van der Waals surface area contributed by atoms with E-state index in [-0.39, 0.29) is 5.56 Å². The van der Waals surface area contributed by atoms with Gasteiger partial charge in [0, 0.05) is 16.5 Å². The summed E-state index contributed by atoms with van der Waals surface area (Å²) >= 11 is 12.3. The molecule has 1 fully saturated rings. The lowest BCUT2D eigenvalue weighted by Crippen LogP contribution is -2.47. The quantitative estimate of drug-likeness (QED) is 0.360. The normalized spacial score (nSPS) is 16.3. The predicted octanol–water partition coefficient (Wildman–Crippen LogP) is 6.25. The molecule has 4 aromatic rings. The molecule has 0 aliphatic heterocycles. The standard InChI is InChI=1S/C26H21Cl2N3O/c1-2-24-29-22-6-4-3-5-21(22)25(32)31(24)30-23-15-16-26(23,17-7-11-19(27)12-8-17)18-9-13-20(28)14-10-18/h3-14H,2,15-16H2,1H3/b30-23+. The molecule has 1 aliphatic carbocycles. The summed E-state index contributed by atoms with van der Waals surface area (Å²) < 4.78 is 1.48. The number of aromatic nitrogens is 2. The molecule has 4 nitrogen and oxygen atoms in total. The maximum Gasteiger partial charge on any atom is 0.282 e. The molecule has 160 valence electrons. The molecule has 0 unspecified atom stereocenters. The van der Waals surface area contributed by atoms with Gasteiger partial charge in [-0.2, -0.15) is 9.78 Å². The van der Waals surface area contributed by atoms with Crippen LogP contribution >= 0.6 is 23.2 Å². The summed E-state index contributed by atoms with van der Waals surface area (Å²) in [6.45, 7) is 1.99. The second kappa shape index (κ2) is 8.19. The Bertz CT molecular complexity index is 1340. The summed E-state index contributed by atoms with van der Waals surface area (Å²) in [6.07, 6.45) is 2.27. The number of benzene rings is 3. The first-order chi connectivity index (χ1) is 15.5. The first kappa shape index (κ1) is 20.9. The Balaban J connectivity index is 1.74. The number of para-hydroxylation sites is 1. The number of nitrogens with zero attached hydrogens (tertiary/aromatic N) is 3. The second-order valence-corrected chi connectivity index (χ2v) is 8.85. The number of aryl methyl sites for hydroxylation is 1. The van der Waals surface area contributed by atoms with Crippen molar-refractivity contribution in [1.29, 1.82) is 0 Å². The molecule has 3 aromatic carbocycles. The molecule has 1 aliphatic rings.